The molecule has 0 bridgehead atoms. The maximum atomic E-state index is 11.4. The minimum Gasteiger partial charge on any atom is -0.438 e. The molecule has 16 heavy (non-hydrogen) atoms. The Morgan fingerprint density at radius 1 is 1.25 bits per heavy atom. The van der Waals surface area contributed by atoms with Crippen LogP contribution in [0.4, 0.5) is 0 Å². The molecule has 0 radical (unpaired) electrons. The molecule has 0 spiro atoms. The summed E-state index contributed by atoms with van der Waals surface area (Å²) in [5.74, 6) is 0.863. The molecule has 1 aromatic heterocycles. The first kappa shape index (κ1) is 10.4. The van der Waals surface area contributed by atoms with Crippen LogP contribution < -0.4 is 5.56 Å². The molecular formula is C13H11NO2. The molecule has 0 aliphatic carbocycles. The van der Waals surface area contributed by atoms with Crippen molar-refractivity contribution < 1.29 is 4.42 Å². The third-order valence-electron chi connectivity index (χ3n) is 2.06. The Labute approximate surface area is 93.1 Å². The molecule has 0 atom stereocenters. The highest BCUT2D eigenvalue weighted by Gasteiger charge is 2.03. The highest BCUT2D eigenvalue weighted by Crippen LogP contribution is 2.17. The Hall–Kier alpha value is -2.16. The lowest BCUT2D eigenvalue weighted by atomic mass is 10.2. The first-order valence-corrected chi connectivity index (χ1v) is 5.00. The summed E-state index contributed by atoms with van der Waals surface area (Å²) in [5.41, 5.74) is 0.575. The largest absolute Gasteiger partial charge is 0.438 e. The molecule has 0 aliphatic rings. The van der Waals surface area contributed by atoms with E-state index in [0.717, 1.165) is 5.56 Å². The smallest absolute Gasteiger partial charge is 0.276 e. The van der Waals surface area contributed by atoms with Gasteiger partial charge in [-0.05, 0) is 13.0 Å². The molecule has 0 fully saturated rings. The zero-order valence-corrected chi connectivity index (χ0v) is 8.88. The van der Waals surface area contributed by atoms with Crippen LogP contribution in [0.2, 0.25) is 0 Å². The summed E-state index contributed by atoms with van der Waals surface area (Å²) < 4.78 is 5.49. The molecule has 1 heterocycles. The van der Waals surface area contributed by atoms with Gasteiger partial charge in [0, 0.05) is 11.6 Å². The third-order valence-corrected chi connectivity index (χ3v) is 2.06. The van der Waals surface area contributed by atoms with Crippen LogP contribution in [0.25, 0.3) is 17.4 Å². The van der Waals surface area contributed by atoms with Crippen molar-refractivity contribution in [3.8, 4) is 11.3 Å². The van der Waals surface area contributed by atoms with Gasteiger partial charge in [0.05, 0.1) is 0 Å². The van der Waals surface area contributed by atoms with E-state index in [-0.39, 0.29) is 5.56 Å². The SMILES string of the molecule is C/C=C/c1nc(=O)cc(-c2ccccc2)o1. The van der Waals surface area contributed by atoms with E-state index >= 15 is 0 Å². The predicted molar refractivity (Wildman–Crippen MR) is 62.9 cm³/mol. The molecule has 0 unspecified atom stereocenters. The van der Waals surface area contributed by atoms with Gasteiger partial charge in [-0.15, -0.1) is 0 Å². The first-order chi connectivity index (χ1) is 7.79. The number of allylic oxidation sites excluding steroid dienone is 1. The molecule has 1 aromatic carbocycles. The van der Waals surface area contributed by atoms with E-state index in [2.05, 4.69) is 4.98 Å². The van der Waals surface area contributed by atoms with Crippen molar-refractivity contribution in [1.29, 1.82) is 0 Å². The van der Waals surface area contributed by atoms with Crippen molar-refractivity contribution in [2.24, 2.45) is 0 Å². The maximum absolute atomic E-state index is 11.4. The van der Waals surface area contributed by atoms with Gasteiger partial charge in [-0.1, -0.05) is 36.4 Å². The molecule has 3 heteroatoms. The number of nitrogens with zero attached hydrogens (tertiary/aromatic N) is 1. The highest BCUT2D eigenvalue weighted by atomic mass is 16.3. The number of hydrogen-bond donors (Lipinski definition) is 0. The lowest BCUT2D eigenvalue weighted by Crippen LogP contribution is -2.05. The van der Waals surface area contributed by atoms with E-state index < -0.39 is 0 Å². The van der Waals surface area contributed by atoms with E-state index in [9.17, 15) is 4.79 Å². The second kappa shape index (κ2) is 4.57. The second-order valence-corrected chi connectivity index (χ2v) is 3.26. The van der Waals surface area contributed by atoms with Gasteiger partial charge in [0.1, 0.15) is 5.76 Å². The quantitative estimate of drug-likeness (QED) is 0.770. The summed E-state index contributed by atoms with van der Waals surface area (Å²) >= 11 is 0. The Bertz CT molecular complexity index is 556. The van der Waals surface area contributed by atoms with Crippen LogP contribution in [0.15, 0.2) is 51.7 Å². The molecule has 0 N–H and O–H groups in total. The average molecular weight is 213 g/mol. The lowest BCUT2D eigenvalue weighted by molar-refractivity contribution is 0.527. The van der Waals surface area contributed by atoms with Crippen molar-refractivity contribution >= 4 is 6.08 Å². The highest BCUT2D eigenvalue weighted by molar-refractivity contribution is 5.56. The molecule has 3 nitrogen and oxygen atoms in total. The van der Waals surface area contributed by atoms with Crippen LogP contribution in [0.1, 0.15) is 12.8 Å². The molecule has 0 saturated heterocycles. The Kier molecular flexibility index (Phi) is 2.96. The summed E-state index contributed by atoms with van der Waals surface area (Å²) in [6, 6.07) is 10.9. The monoisotopic (exact) mass is 213 g/mol. The van der Waals surface area contributed by atoms with E-state index in [1.807, 2.05) is 37.3 Å². The standard InChI is InChI=1S/C13H11NO2/c1-2-6-13-14-12(15)9-11(16-13)10-7-4-3-5-8-10/h2-9H,1H3/b6-2+. The molecular weight excluding hydrogens is 202 g/mol. The summed E-state index contributed by atoms with van der Waals surface area (Å²) in [6.45, 7) is 1.84. The van der Waals surface area contributed by atoms with E-state index in [0.29, 0.717) is 11.7 Å². The number of aromatic nitrogens is 1. The second-order valence-electron chi connectivity index (χ2n) is 3.26. The molecule has 2 rings (SSSR count). The fourth-order valence-electron chi connectivity index (χ4n) is 1.38. The zero-order valence-electron chi connectivity index (χ0n) is 8.88. The van der Waals surface area contributed by atoms with Crippen LogP contribution in [0.3, 0.4) is 0 Å². The molecule has 80 valence electrons. The number of hydrogen-bond acceptors (Lipinski definition) is 3. The van der Waals surface area contributed by atoms with Crippen LogP contribution in [0.5, 0.6) is 0 Å². The third kappa shape index (κ3) is 2.25. The summed E-state index contributed by atoms with van der Waals surface area (Å²) in [5, 5.41) is 0. The van der Waals surface area contributed by atoms with Gasteiger partial charge in [-0.3, -0.25) is 4.79 Å². The van der Waals surface area contributed by atoms with E-state index in [1.54, 1.807) is 12.2 Å². The molecule has 0 aliphatic heterocycles. The first-order valence-electron chi connectivity index (χ1n) is 5.00. The molecule has 2 aromatic rings. The molecule has 0 saturated carbocycles. The summed E-state index contributed by atoms with van der Waals surface area (Å²) in [4.78, 5) is 15.1. The minimum absolute atomic E-state index is 0.293. The Morgan fingerprint density at radius 2 is 2.00 bits per heavy atom. The Balaban J connectivity index is 2.54. The summed E-state index contributed by atoms with van der Waals surface area (Å²) in [6.07, 6.45) is 3.44. The topological polar surface area (TPSA) is 43.1 Å². The van der Waals surface area contributed by atoms with Crippen LogP contribution in [-0.2, 0) is 0 Å². The van der Waals surface area contributed by atoms with Crippen LogP contribution in [-0.4, -0.2) is 4.98 Å². The van der Waals surface area contributed by atoms with Crippen molar-refractivity contribution in [3.05, 3.63) is 58.7 Å². The van der Waals surface area contributed by atoms with Gasteiger partial charge in [-0.25, -0.2) is 0 Å². The lowest BCUT2D eigenvalue weighted by Gasteiger charge is -2.00. The number of benzene rings is 1. The van der Waals surface area contributed by atoms with Gasteiger partial charge >= 0.3 is 0 Å². The Morgan fingerprint density at radius 3 is 2.69 bits per heavy atom. The van der Waals surface area contributed by atoms with Gasteiger partial charge in [0.15, 0.2) is 0 Å². The van der Waals surface area contributed by atoms with Crippen molar-refractivity contribution in [2.75, 3.05) is 0 Å². The zero-order chi connectivity index (χ0) is 11.4. The van der Waals surface area contributed by atoms with Gasteiger partial charge in [-0.2, -0.15) is 4.98 Å². The number of rotatable bonds is 2. The van der Waals surface area contributed by atoms with Crippen LogP contribution >= 0.6 is 0 Å². The van der Waals surface area contributed by atoms with Gasteiger partial charge < -0.3 is 4.42 Å². The van der Waals surface area contributed by atoms with Crippen molar-refractivity contribution in [2.45, 2.75) is 6.92 Å². The predicted octanol–water partition coefficient (Wildman–Crippen LogP) is 2.73. The van der Waals surface area contributed by atoms with Crippen molar-refractivity contribution in [1.82, 2.24) is 4.98 Å². The molecule has 0 amide bonds. The minimum atomic E-state index is -0.293. The van der Waals surface area contributed by atoms with E-state index in [1.165, 1.54) is 6.07 Å². The summed E-state index contributed by atoms with van der Waals surface area (Å²) in [7, 11) is 0. The fraction of sp³-hybridized carbons (Fsp3) is 0.0769. The average Bonchev–Trinajstić information content (AvgIpc) is 2.30. The van der Waals surface area contributed by atoms with Gasteiger partial charge in [0.2, 0.25) is 5.89 Å². The normalized spacial score (nSPS) is 10.8. The fourth-order valence-corrected chi connectivity index (χ4v) is 1.38. The van der Waals surface area contributed by atoms with Gasteiger partial charge in [0.25, 0.3) is 5.56 Å². The van der Waals surface area contributed by atoms with Crippen LogP contribution in [0, 0.1) is 0 Å². The van der Waals surface area contributed by atoms with Crippen molar-refractivity contribution in [3.63, 3.8) is 0 Å². The maximum Gasteiger partial charge on any atom is 0.276 e. The van der Waals surface area contributed by atoms with E-state index in [4.69, 9.17) is 4.42 Å².